The molecule has 106 valence electrons. The maximum Gasteiger partial charge on any atom is 0.0365 e. The van der Waals surface area contributed by atoms with Crippen LogP contribution >= 0.6 is 11.8 Å². The molecular formula is C14H29N3S. The van der Waals surface area contributed by atoms with Gasteiger partial charge < -0.3 is 10.6 Å². The Hall–Kier alpha value is 0.230. The summed E-state index contributed by atoms with van der Waals surface area (Å²) in [6.45, 7) is 3.27. The van der Waals surface area contributed by atoms with Gasteiger partial charge in [0, 0.05) is 29.9 Å². The lowest BCUT2D eigenvalue weighted by molar-refractivity contribution is 0.0631. The Labute approximate surface area is 116 Å². The summed E-state index contributed by atoms with van der Waals surface area (Å²) in [5.74, 6) is 0. The smallest absolute Gasteiger partial charge is 0.0365 e. The van der Waals surface area contributed by atoms with Crippen LogP contribution in [0.3, 0.4) is 0 Å². The van der Waals surface area contributed by atoms with Crippen LogP contribution in [0.2, 0.25) is 0 Å². The molecule has 1 saturated heterocycles. The third-order valence-electron chi connectivity index (χ3n) is 5.04. The molecule has 4 heteroatoms. The summed E-state index contributed by atoms with van der Waals surface area (Å²) in [5, 5.41) is 0. The molecule has 1 heterocycles. The van der Waals surface area contributed by atoms with Gasteiger partial charge in [-0.25, -0.2) is 0 Å². The van der Waals surface area contributed by atoms with E-state index < -0.39 is 0 Å². The van der Waals surface area contributed by atoms with E-state index in [1.807, 2.05) is 0 Å². The second-order valence-electron chi connectivity index (χ2n) is 6.13. The van der Waals surface area contributed by atoms with Crippen LogP contribution in [0.5, 0.6) is 0 Å². The van der Waals surface area contributed by atoms with Crippen molar-refractivity contribution >= 4 is 11.8 Å². The van der Waals surface area contributed by atoms with E-state index in [-0.39, 0.29) is 0 Å². The van der Waals surface area contributed by atoms with Gasteiger partial charge >= 0.3 is 0 Å². The first-order chi connectivity index (χ1) is 8.63. The van der Waals surface area contributed by atoms with E-state index in [1.54, 1.807) is 0 Å². The van der Waals surface area contributed by atoms with Gasteiger partial charge in [0.1, 0.15) is 0 Å². The molecule has 0 bridgehead atoms. The van der Waals surface area contributed by atoms with E-state index in [0.717, 1.165) is 6.54 Å². The fourth-order valence-corrected chi connectivity index (χ4v) is 4.80. The molecule has 2 aliphatic rings. The lowest BCUT2D eigenvalue weighted by Gasteiger charge is -2.52. The van der Waals surface area contributed by atoms with E-state index in [1.165, 1.54) is 45.2 Å². The monoisotopic (exact) mass is 271 g/mol. The molecule has 2 N–H and O–H groups in total. The number of rotatable bonds is 5. The van der Waals surface area contributed by atoms with Crippen molar-refractivity contribution in [1.29, 1.82) is 0 Å². The second kappa shape index (κ2) is 6.12. The maximum atomic E-state index is 6.13. The molecule has 0 radical (unpaired) electrons. The highest BCUT2D eigenvalue weighted by Gasteiger charge is 2.46. The van der Waals surface area contributed by atoms with Gasteiger partial charge in [-0.1, -0.05) is 6.42 Å². The SMILES string of the molecule is CSC1(C(CN)N2CCCC(N(C)C)C2)CCC1. The molecule has 2 unspecified atom stereocenters. The number of piperidine rings is 1. The molecule has 1 aliphatic carbocycles. The van der Waals surface area contributed by atoms with E-state index in [4.69, 9.17) is 5.73 Å². The first-order valence-electron chi connectivity index (χ1n) is 7.28. The van der Waals surface area contributed by atoms with Crippen LogP contribution in [0.4, 0.5) is 0 Å². The summed E-state index contributed by atoms with van der Waals surface area (Å²) in [6, 6.07) is 1.30. The van der Waals surface area contributed by atoms with Crippen LogP contribution in [0, 0.1) is 0 Å². The molecule has 2 fully saturated rings. The fraction of sp³-hybridized carbons (Fsp3) is 1.00. The molecule has 0 aromatic carbocycles. The van der Waals surface area contributed by atoms with Gasteiger partial charge in [-0.2, -0.15) is 11.8 Å². The number of likely N-dealkylation sites (N-methyl/N-ethyl adjacent to an activating group) is 1. The van der Waals surface area contributed by atoms with Crippen LogP contribution in [0.25, 0.3) is 0 Å². The molecule has 0 spiro atoms. The normalized spacial score (nSPS) is 30.2. The van der Waals surface area contributed by atoms with Crippen LogP contribution < -0.4 is 5.73 Å². The van der Waals surface area contributed by atoms with E-state index in [0.29, 0.717) is 16.8 Å². The minimum Gasteiger partial charge on any atom is -0.329 e. The fourth-order valence-electron chi connectivity index (χ4n) is 3.58. The Morgan fingerprint density at radius 1 is 1.39 bits per heavy atom. The molecule has 3 nitrogen and oxygen atoms in total. The quantitative estimate of drug-likeness (QED) is 0.824. The van der Waals surface area contributed by atoms with E-state index >= 15 is 0 Å². The molecule has 2 atom stereocenters. The largest absolute Gasteiger partial charge is 0.329 e. The minimum absolute atomic E-state index is 0.461. The molecule has 18 heavy (non-hydrogen) atoms. The average molecular weight is 271 g/mol. The Balaban J connectivity index is 2.03. The molecule has 2 rings (SSSR count). The third-order valence-corrected chi connectivity index (χ3v) is 6.53. The van der Waals surface area contributed by atoms with Crippen molar-refractivity contribution in [2.45, 2.75) is 48.9 Å². The van der Waals surface area contributed by atoms with Gasteiger partial charge in [0.25, 0.3) is 0 Å². The number of hydrogen-bond acceptors (Lipinski definition) is 4. The first-order valence-corrected chi connectivity index (χ1v) is 8.51. The molecule has 1 saturated carbocycles. The van der Waals surface area contributed by atoms with Gasteiger partial charge in [-0.05, 0) is 52.6 Å². The lowest BCUT2D eigenvalue weighted by atomic mass is 9.77. The van der Waals surface area contributed by atoms with Crippen LogP contribution in [-0.2, 0) is 0 Å². The predicted octanol–water partition coefficient (Wildman–Crippen LogP) is 1.63. The van der Waals surface area contributed by atoms with Crippen molar-refractivity contribution in [3.8, 4) is 0 Å². The van der Waals surface area contributed by atoms with Crippen LogP contribution in [0.15, 0.2) is 0 Å². The molecule has 0 amide bonds. The van der Waals surface area contributed by atoms with Crippen molar-refractivity contribution in [3.05, 3.63) is 0 Å². The number of nitrogens with zero attached hydrogens (tertiary/aromatic N) is 2. The molecular weight excluding hydrogens is 242 g/mol. The highest BCUT2D eigenvalue weighted by Crippen LogP contribution is 2.47. The van der Waals surface area contributed by atoms with Gasteiger partial charge in [0.2, 0.25) is 0 Å². The van der Waals surface area contributed by atoms with Crippen molar-refractivity contribution in [1.82, 2.24) is 9.80 Å². The van der Waals surface area contributed by atoms with Gasteiger partial charge in [0.15, 0.2) is 0 Å². The van der Waals surface area contributed by atoms with Crippen molar-refractivity contribution in [2.75, 3.05) is 40.0 Å². The summed E-state index contributed by atoms with van der Waals surface area (Å²) in [4.78, 5) is 5.07. The Morgan fingerprint density at radius 2 is 2.11 bits per heavy atom. The summed E-state index contributed by atoms with van der Waals surface area (Å²) >= 11 is 2.06. The summed E-state index contributed by atoms with van der Waals surface area (Å²) in [5.41, 5.74) is 6.13. The topological polar surface area (TPSA) is 32.5 Å². The second-order valence-corrected chi connectivity index (χ2v) is 7.35. The Kier molecular flexibility index (Phi) is 4.98. The van der Waals surface area contributed by atoms with Gasteiger partial charge in [-0.15, -0.1) is 0 Å². The van der Waals surface area contributed by atoms with Crippen molar-refractivity contribution in [2.24, 2.45) is 5.73 Å². The number of likely N-dealkylation sites (tertiary alicyclic amines) is 1. The minimum atomic E-state index is 0.461. The van der Waals surface area contributed by atoms with Gasteiger partial charge in [-0.3, -0.25) is 4.90 Å². The standard InChI is InChI=1S/C14H29N3S/c1-16(2)12-6-4-9-17(11-12)13(10-15)14(18-3)7-5-8-14/h12-13H,4-11,15H2,1-3H3. The maximum absolute atomic E-state index is 6.13. The third kappa shape index (κ3) is 2.72. The zero-order valence-corrected chi connectivity index (χ0v) is 13.0. The van der Waals surface area contributed by atoms with Crippen molar-refractivity contribution in [3.63, 3.8) is 0 Å². The summed E-state index contributed by atoms with van der Waals surface area (Å²) < 4.78 is 0.461. The molecule has 0 aromatic heterocycles. The van der Waals surface area contributed by atoms with Crippen LogP contribution in [-0.4, -0.2) is 66.6 Å². The van der Waals surface area contributed by atoms with Crippen LogP contribution in [0.1, 0.15) is 32.1 Å². The first kappa shape index (κ1) is 14.6. The zero-order chi connectivity index (χ0) is 13.2. The lowest BCUT2D eigenvalue weighted by Crippen LogP contribution is -2.61. The van der Waals surface area contributed by atoms with E-state index in [2.05, 4.69) is 41.9 Å². The molecule has 1 aliphatic heterocycles. The number of nitrogens with two attached hydrogens (primary N) is 1. The van der Waals surface area contributed by atoms with E-state index in [9.17, 15) is 0 Å². The van der Waals surface area contributed by atoms with Crippen molar-refractivity contribution < 1.29 is 0 Å². The zero-order valence-electron chi connectivity index (χ0n) is 12.2. The number of thioether (sulfide) groups is 1. The predicted molar refractivity (Wildman–Crippen MR) is 81.2 cm³/mol. The molecule has 0 aromatic rings. The van der Waals surface area contributed by atoms with Gasteiger partial charge in [0.05, 0.1) is 0 Å². The Bertz CT molecular complexity index is 260. The summed E-state index contributed by atoms with van der Waals surface area (Å²) in [6.07, 6.45) is 9.05. The average Bonchev–Trinajstić information content (AvgIpc) is 2.33. The Morgan fingerprint density at radius 3 is 2.56 bits per heavy atom. The highest BCUT2D eigenvalue weighted by atomic mass is 32.2. The number of hydrogen-bond donors (Lipinski definition) is 1. The highest BCUT2D eigenvalue weighted by molar-refractivity contribution is 8.00. The summed E-state index contributed by atoms with van der Waals surface area (Å²) in [7, 11) is 4.42.